The number of alkyl halides is 2. The summed E-state index contributed by atoms with van der Waals surface area (Å²) >= 11 is 5.89. The van der Waals surface area contributed by atoms with Crippen LogP contribution in [0.15, 0.2) is 18.2 Å². The van der Waals surface area contributed by atoms with Crippen LogP contribution in [-0.4, -0.2) is 13.1 Å². The molecule has 0 atom stereocenters. The molecule has 0 radical (unpaired) electrons. The first-order valence-electron chi connectivity index (χ1n) is 5.07. The molecule has 0 heterocycles. The van der Waals surface area contributed by atoms with Gasteiger partial charge in [0.1, 0.15) is 0 Å². The van der Waals surface area contributed by atoms with Gasteiger partial charge in [-0.05, 0) is 25.1 Å². The summed E-state index contributed by atoms with van der Waals surface area (Å²) in [5.41, 5.74) is 5.91. The fraction of sp³-hybridized carbons (Fsp3) is 0.455. The van der Waals surface area contributed by atoms with E-state index in [1.54, 1.807) is 6.07 Å². The van der Waals surface area contributed by atoms with E-state index in [-0.39, 0.29) is 5.56 Å². The highest BCUT2D eigenvalue weighted by Gasteiger charge is 2.24. The van der Waals surface area contributed by atoms with E-state index in [0.29, 0.717) is 23.8 Å². The normalized spacial score (nSPS) is 11.6. The highest BCUT2D eigenvalue weighted by molar-refractivity contribution is 6.33. The van der Waals surface area contributed by atoms with Crippen LogP contribution in [0.5, 0.6) is 0 Å². The van der Waals surface area contributed by atoms with Crippen LogP contribution in [0, 0.1) is 0 Å². The van der Waals surface area contributed by atoms with Crippen LogP contribution in [0.4, 0.5) is 14.5 Å². The van der Waals surface area contributed by atoms with Crippen molar-refractivity contribution in [1.29, 1.82) is 0 Å². The summed E-state index contributed by atoms with van der Waals surface area (Å²) in [6.45, 7) is 2.11. The zero-order valence-electron chi connectivity index (χ0n) is 9.06. The third-order valence-corrected chi connectivity index (χ3v) is 2.49. The van der Waals surface area contributed by atoms with Crippen molar-refractivity contribution in [2.24, 2.45) is 5.73 Å². The van der Waals surface area contributed by atoms with Crippen molar-refractivity contribution in [2.45, 2.75) is 19.3 Å². The van der Waals surface area contributed by atoms with E-state index >= 15 is 0 Å². The van der Waals surface area contributed by atoms with Gasteiger partial charge in [0, 0.05) is 19.0 Å². The van der Waals surface area contributed by atoms with E-state index in [1.165, 1.54) is 12.1 Å². The first-order valence-corrected chi connectivity index (χ1v) is 5.44. The highest BCUT2D eigenvalue weighted by atomic mass is 35.5. The van der Waals surface area contributed by atoms with Gasteiger partial charge in [0.2, 0.25) is 0 Å². The molecule has 16 heavy (non-hydrogen) atoms. The molecule has 2 nitrogen and oxygen atoms in total. The lowest BCUT2D eigenvalue weighted by Gasteiger charge is -2.13. The second-order valence-corrected chi connectivity index (χ2v) is 4.06. The van der Waals surface area contributed by atoms with Crippen LogP contribution < -0.4 is 11.1 Å². The van der Waals surface area contributed by atoms with Crippen LogP contribution in [-0.2, 0) is 5.92 Å². The molecule has 0 aliphatic rings. The Morgan fingerprint density at radius 3 is 2.62 bits per heavy atom. The molecule has 5 heteroatoms. The van der Waals surface area contributed by atoms with Crippen LogP contribution in [0.3, 0.4) is 0 Å². The van der Waals surface area contributed by atoms with Crippen molar-refractivity contribution in [3.63, 3.8) is 0 Å². The maximum atomic E-state index is 13.0. The van der Waals surface area contributed by atoms with E-state index < -0.39 is 5.92 Å². The zero-order chi connectivity index (χ0) is 12.2. The summed E-state index contributed by atoms with van der Waals surface area (Å²) < 4.78 is 26.0. The van der Waals surface area contributed by atoms with Gasteiger partial charge in [-0.3, -0.25) is 0 Å². The molecule has 0 amide bonds. The maximum absolute atomic E-state index is 13.0. The predicted molar refractivity (Wildman–Crippen MR) is 63.2 cm³/mol. The minimum absolute atomic E-state index is 0.0816. The predicted octanol–water partition coefficient (Wildman–Crippen LogP) is 3.21. The molecule has 0 saturated carbocycles. The summed E-state index contributed by atoms with van der Waals surface area (Å²) in [5, 5.41) is 3.34. The number of hydrogen-bond acceptors (Lipinski definition) is 2. The van der Waals surface area contributed by atoms with Crippen LogP contribution in [0.2, 0.25) is 5.02 Å². The molecule has 0 saturated heterocycles. The lowest BCUT2D eigenvalue weighted by molar-refractivity contribution is 0.0175. The monoisotopic (exact) mass is 248 g/mol. The number of halogens is 3. The Bertz CT molecular complexity index is 350. The van der Waals surface area contributed by atoms with E-state index in [0.717, 1.165) is 13.3 Å². The minimum Gasteiger partial charge on any atom is -0.384 e. The molecule has 1 aromatic carbocycles. The van der Waals surface area contributed by atoms with Gasteiger partial charge < -0.3 is 11.1 Å². The minimum atomic E-state index is -2.86. The largest absolute Gasteiger partial charge is 0.384 e. The van der Waals surface area contributed by atoms with Gasteiger partial charge in [0.25, 0.3) is 5.92 Å². The van der Waals surface area contributed by atoms with Crippen molar-refractivity contribution >= 4 is 17.3 Å². The molecule has 0 aliphatic heterocycles. The van der Waals surface area contributed by atoms with E-state index in [4.69, 9.17) is 17.3 Å². The first-order chi connectivity index (χ1) is 7.45. The number of benzene rings is 1. The van der Waals surface area contributed by atoms with Gasteiger partial charge in [-0.25, -0.2) is 8.78 Å². The van der Waals surface area contributed by atoms with Crippen LogP contribution in [0.1, 0.15) is 18.9 Å². The molecule has 3 N–H and O–H groups in total. The fourth-order valence-corrected chi connectivity index (χ4v) is 1.50. The van der Waals surface area contributed by atoms with Crippen molar-refractivity contribution < 1.29 is 8.78 Å². The second kappa shape index (κ2) is 5.46. The van der Waals surface area contributed by atoms with Crippen molar-refractivity contribution in [3.8, 4) is 0 Å². The Kier molecular flexibility index (Phi) is 4.50. The molecule has 90 valence electrons. The zero-order valence-corrected chi connectivity index (χ0v) is 9.82. The van der Waals surface area contributed by atoms with Crippen molar-refractivity contribution in [1.82, 2.24) is 0 Å². The van der Waals surface area contributed by atoms with Crippen LogP contribution in [0.25, 0.3) is 0 Å². The first kappa shape index (κ1) is 13.2. The molecule has 0 bridgehead atoms. The molecule has 0 spiro atoms. The van der Waals surface area contributed by atoms with Gasteiger partial charge in [0.15, 0.2) is 0 Å². The van der Waals surface area contributed by atoms with Gasteiger partial charge in [-0.1, -0.05) is 17.7 Å². The number of anilines is 1. The topological polar surface area (TPSA) is 38.0 Å². The Balaban J connectivity index is 2.76. The van der Waals surface area contributed by atoms with Crippen LogP contribution >= 0.6 is 11.6 Å². The Hall–Kier alpha value is -0.870. The Morgan fingerprint density at radius 1 is 1.44 bits per heavy atom. The van der Waals surface area contributed by atoms with Crippen molar-refractivity contribution in [3.05, 3.63) is 28.8 Å². The van der Waals surface area contributed by atoms with Gasteiger partial charge in [-0.15, -0.1) is 0 Å². The molecule has 1 rings (SSSR count). The number of rotatable bonds is 5. The third-order valence-electron chi connectivity index (χ3n) is 2.17. The smallest absolute Gasteiger partial charge is 0.270 e. The average Bonchev–Trinajstić information content (AvgIpc) is 2.19. The molecule has 0 aliphatic carbocycles. The molecule has 1 aromatic rings. The van der Waals surface area contributed by atoms with E-state index in [9.17, 15) is 8.78 Å². The number of nitrogens with two attached hydrogens (primary N) is 1. The SMILES string of the molecule is CC(F)(F)c1ccc(NCCCN)c(Cl)c1. The Morgan fingerprint density at radius 2 is 2.12 bits per heavy atom. The summed E-state index contributed by atoms with van der Waals surface area (Å²) in [6.07, 6.45) is 0.808. The standard InChI is InChI=1S/C11H15ClF2N2/c1-11(13,14)8-3-4-10(9(12)7-8)16-6-2-5-15/h3-4,7,16H,2,5-6,15H2,1H3. The highest BCUT2D eigenvalue weighted by Crippen LogP contribution is 2.32. The summed E-state index contributed by atoms with van der Waals surface area (Å²) in [5.74, 6) is -2.86. The van der Waals surface area contributed by atoms with Gasteiger partial charge in [-0.2, -0.15) is 0 Å². The summed E-state index contributed by atoms with van der Waals surface area (Å²) in [4.78, 5) is 0. The summed E-state index contributed by atoms with van der Waals surface area (Å²) in [6, 6.07) is 4.22. The number of hydrogen-bond donors (Lipinski definition) is 2. The Labute approximate surface area is 98.8 Å². The lowest BCUT2D eigenvalue weighted by Crippen LogP contribution is -2.10. The van der Waals surface area contributed by atoms with Crippen molar-refractivity contribution in [2.75, 3.05) is 18.4 Å². The molecule has 0 fully saturated rings. The maximum Gasteiger partial charge on any atom is 0.270 e. The third kappa shape index (κ3) is 3.61. The number of nitrogens with one attached hydrogen (secondary N) is 1. The van der Waals surface area contributed by atoms with Gasteiger partial charge in [0.05, 0.1) is 10.7 Å². The fourth-order valence-electron chi connectivity index (χ4n) is 1.26. The molecule has 0 aromatic heterocycles. The van der Waals surface area contributed by atoms with E-state index in [1.807, 2.05) is 0 Å². The van der Waals surface area contributed by atoms with Gasteiger partial charge >= 0.3 is 0 Å². The molecular weight excluding hydrogens is 234 g/mol. The quantitative estimate of drug-likeness (QED) is 0.786. The lowest BCUT2D eigenvalue weighted by atomic mass is 10.1. The molecular formula is C11H15ClF2N2. The van der Waals surface area contributed by atoms with E-state index in [2.05, 4.69) is 5.32 Å². The molecule has 0 unspecified atom stereocenters. The average molecular weight is 249 g/mol. The summed E-state index contributed by atoms with van der Waals surface area (Å²) in [7, 11) is 0. The second-order valence-electron chi connectivity index (χ2n) is 3.65.